The molecule has 3 N–H and O–H groups in total. The van der Waals surface area contributed by atoms with Gasteiger partial charge < -0.3 is 15.5 Å². The number of aromatic amines is 1. The molecule has 0 radical (unpaired) electrons. The van der Waals surface area contributed by atoms with Gasteiger partial charge in [0, 0.05) is 6.07 Å². The van der Waals surface area contributed by atoms with Crippen LogP contribution in [0.2, 0.25) is 0 Å². The van der Waals surface area contributed by atoms with E-state index in [1.807, 2.05) is 24.3 Å². The molecule has 0 aliphatic carbocycles. The first-order valence-corrected chi connectivity index (χ1v) is 6.37. The van der Waals surface area contributed by atoms with Gasteiger partial charge in [-0.15, -0.1) is 0 Å². The Balaban J connectivity index is 1.94. The predicted molar refractivity (Wildman–Crippen MR) is 73.2 cm³/mol. The predicted octanol–water partition coefficient (Wildman–Crippen LogP) is 2.09. The summed E-state index contributed by atoms with van der Waals surface area (Å²) in [5.74, 6) is 0.615. The van der Waals surface area contributed by atoms with Crippen molar-refractivity contribution in [1.29, 1.82) is 0 Å². The zero-order chi connectivity index (χ0) is 13.2. The van der Waals surface area contributed by atoms with Crippen molar-refractivity contribution < 1.29 is 4.74 Å². The lowest BCUT2D eigenvalue weighted by molar-refractivity contribution is 0.396. The summed E-state index contributed by atoms with van der Waals surface area (Å²) in [7, 11) is 1.54. The van der Waals surface area contributed by atoms with Gasteiger partial charge in [0.25, 0.3) is 0 Å². The van der Waals surface area contributed by atoms with E-state index < -0.39 is 0 Å². The summed E-state index contributed by atoms with van der Waals surface area (Å²) in [5, 5.41) is 1.43. The molecule has 0 saturated carbocycles. The maximum atomic E-state index is 5.62. The molecular weight excluding hydrogens is 262 g/mol. The fourth-order valence-corrected chi connectivity index (χ4v) is 2.46. The van der Waals surface area contributed by atoms with Crippen LogP contribution in [0.4, 0.5) is 5.95 Å². The molecule has 0 atom stereocenters. The molecule has 7 heteroatoms. The number of nitrogens with one attached hydrogen (secondary N) is 1. The molecule has 3 aromatic rings. The van der Waals surface area contributed by atoms with Gasteiger partial charge in [-0.3, -0.25) is 0 Å². The van der Waals surface area contributed by atoms with Crippen molar-refractivity contribution in [3.05, 3.63) is 30.3 Å². The van der Waals surface area contributed by atoms with Gasteiger partial charge in [0.15, 0.2) is 5.16 Å². The summed E-state index contributed by atoms with van der Waals surface area (Å²) in [6.45, 7) is 0. The molecule has 0 amide bonds. The molecule has 0 spiro atoms. The number of ether oxygens (including phenoxy) is 1. The van der Waals surface area contributed by atoms with Gasteiger partial charge in [0.1, 0.15) is 5.03 Å². The molecule has 0 aliphatic rings. The minimum Gasteiger partial charge on any atom is -0.481 e. The van der Waals surface area contributed by atoms with Gasteiger partial charge in [0.05, 0.1) is 18.1 Å². The van der Waals surface area contributed by atoms with Crippen molar-refractivity contribution in [2.45, 2.75) is 10.2 Å². The summed E-state index contributed by atoms with van der Waals surface area (Å²) in [5.41, 5.74) is 7.52. The molecular formula is C12H11N5OS. The van der Waals surface area contributed by atoms with Crippen LogP contribution in [0.5, 0.6) is 5.88 Å². The largest absolute Gasteiger partial charge is 0.481 e. The van der Waals surface area contributed by atoms with E-state index in [2.05, 4.69) is 19.9 Å². The average molecular weight is 273 g/mol. The number of benzene rings is 1. The standard InChI is InChI=1S/C12H11N5OS/c1-18-9-6-10(17-11(13)16-9)19-12-14-7-4-2-3-5-8(7)15-12/h2-6H,1H3,(H,14,15)(H2,13,16,17). The third-order valence-electron chi connectivity index (χ3n) is 2.47. The number of anilines is 1. The number of imidazole rings is 1. The molecule has 0 unspecified atom stereocenters. The zero-order valence-corrected chi connectivity index (χ0v) is 10.9. The maximum Gasteiger partial charge on any atom is 0.224 e. The number of nitrogen functional groups attached to an aromatic ring is 1. The summed E-state index contributed by atoms with van der Waals surface area (Å²) in [6, 6.07) is 9.55. The Morgan fingerprint density at radius 3 is 2.84 bits per heavy atom. The van der Waals surface area contributed by atoms with E-state index in [0.717, 1.165) is 16.2 Å². The molecule has 0 aliphatic heterocycles. The minimum atomic E-state index is 0.179. The van der Waals surface area contributed by atoms with Crippen molar-refractivity contribution in [3.63, 3.8) is 0 Å². The molecule has 6 nitrogen and oxygen atoms in total. The van der Waals surface area contributed by atoms with Crippen LogP contribution in [-0.4, -0.2) is 27.0 Å². The second kappa shape index (κ2) is 4.77. The number of nitrogens with zero attached hydrogens (tertiary/aromatic N) is 3. The lowest BCUT2D eigenvalue weighted by atomic mass is 10.3. The SMILES string of the molecule is COc1cc(Sc2nc3ccccc3[nH]2)nc(N)n1. The van der Waals surface area contributed by atoms with E-state index in [9.17, 15) is 0 Å². The smallest absolute Gasteiger partial charge is 0.224 e. The number of hydrogen-bond acceptors (Lipinski definition) is 6. The first-order valence-electron chi connectivity index (χ1n) is 5.56. The highest BCUT2D eigenvalue weighted by molar-refractivity contribution is 7.99. The van der Waals surface area contributed by atoms with Crippen molar-refractivity contribution in [2.24, 2.45) is 0 Å². The van der Waals surface area contributed by atoms with E-state index >= 15 is 0 Å². The summed E-state index contributed by atoms with van der Waals surface area (Å²) in [6.07, 6.45) is 0. The van der Waals surface area contributed by atoms with E-state index in [-0.39, 0.29) is 5.95 Å². The molecule has 0 bridgehead atoms. The van der Waals surface area contributed by atoms with E-state index in [1.165, 1.54) is 18.9 Å². The molecule has 2 heterocycles. The van der Waals surface area contributed by atoms with Crippen LogP contribution < -0.4 is 10.5 Å². The molecule has 0 fully saturated rings. The number of methoxy groups -OCH3 is 1. The Labute approximate surface area is 113 Å². The topological polar surface area (TPSA) is 89.7 Å². The van der Waals surface area contributed by atoms with Gasteiger partial charge in [-0.05, 0) is 23.9 Å². The fraction of sp³-hybridized carbons (Fsp3) is 0.0833. The van der Waals surface area contributed by atoms with Gasteiger partial charge in [-0.1, -0.05) is 12.1 Å². The van der Waals surface area contributed by atoms with Gasteiger partial charge in [-0.25, -0.2) is 9.97 Å². The third-order valence-corrected chi connectivity index (χ3v) is 3.28. The molecule has 3 rings (SSSR count). The normalized spacial score (nSPS) is 10.8. The van der Waals surface area contributed by atoms with Crippen molar-refractivity contribution >= 4 is 28.7 Å². The quantitative estimate of drug-likeness (QED) is 0.710. The lowest BCUT2D eigenvalue weighted by Gasteiger charge is -2.02. The highest BCUT2D eigenvalue weighted by Gasteiger charge is 2.08. The number of hydrogen-bond donors (Lipinski definition) is 2. The van der Waals surface area contributed by atoms with Crippen LogP contribution in [-0.2, 0) is 0 Å². The highest BCUT2D eigenvalue weighted by Crippen LogP contribution is 2.27. The Kier molecular flexibility index (Phi) is 2.96. The van der Waals surface area contributed by atoms with Crippen LogP contribution in [0.25, 0.3) is 11.0 Å². The molecule has 0 saturated heterocycles. The van der Waals surface area contributed by atoms with Crippen LogP contribution in [0.15, 0.2) is 40.5 Å². The van der Waals surface area contributed by atoms with E-state index in [4.69, 9.17) is 10.5 Å². The second-order valence-electron chi connectivity index (χ2n) is 3.77. The second-order valence-corrected chi connectivity index (χ2v) is 4.78. The zero-order valence-electron chi connectivity index (χ0n) is 10.1. The average Bonchev–Trinajstić information content (AvgIpc) is 2.80. The van der Waals surface area contributed by atoms with Crippen LogP contribution in [0, 0.1) is 0 Å². The summed E-state index contributed by atoms with van der Waals surface area (Å²) >= 11 is 1.38. The number of fused-ring (bicyclic) bond motifs is 1. The number of rotatable bonds is 3. The van der Waals surface area contributed by atoms with E-state index in [0.29, 0.717) is 10.9 Å². The van der Waals surface area contributed by atoms with Gasteiger partial charge in [-0.2, -0.15) is 4.98 Å². The number of nitrogens with two attached hydrogens (primary N) is 1. The van der Waals surface area contributed by atoms with Crippen molar-refractivity contribution in [2.75, 3.05) is 12.8 Å². The molecule has 96 valence electrons. The van der Waals surface area contributed by atoms with Crippen LogP contribution >= 0.6 is 11.8 Å². The van der Waals surface area contributed by atoms with E-state index in [1.54, 1.807) is 6.07 Å². The number of para-hydroxylation sites is 2. The monoisotopic (exact) mass is 273 g/mol. The highest BCUT2D eigenvalue weighted by atomic mass is 32.2. The lowest BCUT2D eigenvalue weighted by Crippen LogP contribution is -1.98. The Morgan fingerprint density at radius 1 is 1.21 bits per heavy atom. The Morgan fingerprint density at radius 2 is 2.05 bits per heavy atom. The summed E-state index contributed by atoms with van der Waals surface area (Å²) < 4.78 is 5.06. The number of aromatic nitrogens is 4. The van der Waals surface area contributed by atoms with Crippen LogP contribution in [0.1, 0.15) is 0 Å². The van der Waals surface area contributed by atoms with Crippen LogP contribution in [0.3, 0.4) is 0 Å². The molecule has 1 aromatic carbocycles. The first-order chi connectivity index (χ1) is 9.24. The number of H-pyrrole nitrogens is 1. The Bertz CT molecular complexity index is 694. The van der Waals surface area contributed by atoms with Gasteiger partial charge >= 0.3 is 0 Å². The minimum absolute atomic E-state index is 0.179. The maximum absolute atomic E-state index is 5.62. The molecule has 19 heavy (non-hydrogen) atoms. The Hall–Kier alpha value is -2.28. The molecule has 2 aromatic heterocycles. The first kappa shape index (κ1) is 11.8. The fourth-order valence-electron chi connectivity index (χ4n) is 1.65. The third kappa shape index (κ3) is 2.45. The van der Waals surface area contributed by atoms with Gasteiger partial charge in [0.2, 0.25) is 11.8 Å². The van der Waals surface area contributed by atoms with Crippen molar-refractivity contribution in [1.82, 2.24) is 19.9 Å². The summed E-state index contributed by atoms with van der Waals surface area (Å²) in [4.78, 5) is 15.7. The van der Waals surface area contributed by atoms with Crippen molar-refractivity contribution in [3.8, 4) is 5.88 Å².